The minimum Gasteiger partial charge on any atom is -0.756 e. The van der Waals surface area contributed by atoms with E-state index in [9.17, 15) is 14.3 Å². The van der Waals surface area contributed by atoms with Crippen molar-refractivity contribution in [2.24, 2.45) is 0 Å². The highest BCUT2D eigenvalue weighted by Gasteiger charge is 2.26. The zero-order valence-electron chi connectivity index (χ0n) is 22.1. The molecule has 0 saturated heterocycles. The normalized spacial score (nSPS) is 15.7. The Labute approximate surface area is 202 Å². The quantitative estimate of drug-likeness (QED) is 0.101. The highest BCUT2D eigenvalue weighted by Crippen LogP contribution is 2.40. The number of nitrogens with zero attached hydrogens (tertiary/aromatic N) is 1. The fourth-order valence-corrected chi connectivity index (χ4v) is 4.05. The molecule has 0 aromatic rings. The molecule has 0 aliphatic rings. The highest BCUT2D eigenvalue weighted by atomic mass is 31.2. The van der Waals surface area contributed by atoms with Gasteiger partial charge in [0.15, 0.2) is 6.23 Å². The van der Waals surface area contributed by atoms with Gasteiger partial charge in [0.1, 0.15) is 13.2 Å². The van der Waals surface area contributed by atoms with Crippen LogP contribution in [0.15, 0.2) is 0 Å². The summed E-state index contributed by atoms with van der Waals surface area (Å²) in [7, 11) is 1.24. The summed E-state index contributed by atoms with van der Waals surface area (Å²) in [5.41, 5.74) is 0. The number of carbonyl (C=O) groups is 1. The molecular weight excluding hydrogens is 443 g/mol. The molecule has 0 spiro atoms. The van der Waals surface area contributed by atoms with Crippen LogP contribution in [0.4, 0.5) is 0 Å². The number of unbranched alkanes of at least 4 members (excludes halogenated alkanes) is 9. The molecule has 0 aromatic carbocycles. The minimum atomic E-state index is -4.60. The fourth-order valence-electron chi connectivity index (χ4n) is 3.18. The molecular formula is C24H51N2O6P. The summed E-state index contributed by atoms with van der Waals surface area (Å²) in [5, 5.41) is 2.70. The van der Waals surface area contributed by atoms with Crippen LogP contribution >= 0.6 is 7.82 Å². The van der Waals surface area contributed by atoms with Crippen molar-refractivity contribution in [1.82, 2.24) is 5.32 Å². The summed E-state index contributed by atoms with van der Waals surface area (Å²) in [6, 6.07) is 0. The molecule has 1 N–H and O–H groups in total. The van der Waals surface area contributed by atoms with Crippen LogP contribution in [0, 0.1) is 0 Å². The molecule has 0 rings (SSSR count). The first-order valence-electron chi connectivity index (χ1n) is 12.9. The van der Waals surface area contributed by atoms with Crippen molar-refractivity contribution in [2.75, 3.05) is 40.9 Å². The van der Waals surface area contributed by atoms with Gasteiger partial charge in [0.2, 0.25) is 5.91 Å². The molecule has 9 heteroatoms. The second-order valence-corrected chi connectivity index (χ2v) is 11.3. The van der Waals surface area contributed by atoms with E-state index in [-0.39, 0.29) is 12.5 Å². The van der Waals surface area contributed by atoms with Crippen LogP contribution in [0.2, 0.25) is 0 Å². The van der Waals surface area contributed by atoms with E-state index in [4.69, 9.17) is 13.8 Å². The maximum Gasteiger partial charge on any atom is 0.270 e. The Morgan fingerprint density at radius 3 is 2.03 bits per heavy atom. The molecule has 8 nitrogen and oxygen atoms in total. The van der Waals surface area contributed by atoms with Gasteiger partial charge in [-0.05, 0) is 19.8 Å². The van der Waals surface area contributed by atoms with Gasteiger partial charge in [-0.15, -0.1) is 0 Å². The Hall–Kier alpha value is -0.500. The smallest absolute Gasteiger partial charge is 0.270 e. The Kier molecular flexibility index (Phi) is 18.5. The fraction of sp³-hybridized carbons (Fsp3) is 0.958. The zero-order valence-corrected chi connectivity index (χ0v) is 23.0. The Bertz CT molecular complexity index is 542. The molecule has 0 saturated carbocycles. The van der Waals surface area contributed by atoms with Crippen LogP contribution in [0.3, 0.4) is 0 Å². The first-order valence-corrected chi connectivity index (χ1v) is 14.3. The summed E-state index contributed by atoms with van der Waals surface area (Å²) < 4.78 is 29.0. The number of carbonyl (C=O) groups excluding carboxylic acids is 1. The monoisotopic (exact) mass is 494 g/mol. The van der Waals surface area contributed by atoms with Crippen molar-refractivity contribution >= 4 is 13.7 Å². The first-order chi connectivity index (χ1) is 15.5. The molecule has 3 atom stereocenters. The van der Waals surface area contributed by atoms with Gasteiger partial charge in [-0.1, -0.05) is 71.6 Å². The molecule has 0 aliphatic carbocycles. The van der Waals surface area contributed by atoms with Gasteiger partial charge in [-0.2, -0.15) is 0 Å². The van der Waals surface area contributed by atoms with Crippen molar-refractivity contribution in [3.05, 3.63) is 0 Å². The Morgan fingerprint density at radius 1 is 0.909 bits per heavy atom. The SMILES string of the molecule is CCCCCCCCCC(=O)NC(OP(=O)([O-])OCC[N+](C)(C)C)C(C)OCCCCCC. The van der Waals surface area contributed by atoms with Crippen LogP contribution in [-0.2, 0) is 23.1 Å². The van der Waals surface area contributed by atoms with Crippen LogP contribution in [0.1, 0.15) is 97.8 Å². The van der Waals surface area contributed by atoms with Gasteiger partial charge in [0.05, 0.1) is 27.2 Å². The van der Waals surface area contributed by atoms with Crippen LogP contribution in [0.5, 0.6) is 0 Å². The van der Waals surface area contributed by atoms with Crippen molar-refractivity contribution in [3.8, 4) is 0 Å². The minimum absolute atomic E-state index is 0.00916. The van der Waals surface area contributed by atoms with Gasteiger partial charge in [0, 0.05) is 13.0 Å². The van der Waals surface area contributed by atoms with E-state index in [2.05, 4.69) is 19.2 Å². The number of rotatable bonds is 22. The maximum absolute atomic E-state index is 12.5. The van der Waals surface area contributed by atoms with E-state index >= 15 is 0 Å². The van der Waals surface area contributed by atoms with E-state index in [1.54, 1.807) is 6.92 Å². The molecule has 3 unspecified atom stereocenters. The summed E-state index contributed by atoms with van der Waals surface area (Å²) >= 11 is 0. The first kappa shape index (κ1) is 32.5. The van der Waals surface area contributed by atoms with Crippen LogP contribution in [-0.4, -0.2) is 63.6 Å². The lowest BCUT2D eigenvalue weighted by atomic mass is 10.1. The van der Waals surface area contributed by atoms with Crippen molar-refractivity contribution < 1.29 is 32.5 Å². The van der Waals surface area contributed by atoms with E-state index in [1.165, 1.54) is 25.7 Å². The van der Waals surface area contributed by atoms with E-state index < -0.39 is 20.2 Å². The van der Waals surface area contributed by atoms with Crippen molar-refractivity contribution in [3.63, 3.8) is 0 Å². The standard InChI is InChI=1S/C24H51N2O6P/c1-7-9-11-13-14-15-16-18-23(27)25-24(22(3)30-20-17-12-10-8-2)32-33(28,29)31-21-19-26(4,5)6/h22,24H,7-21H2,1-6H3,(H-,25,27,28,29). The molecule has 0 heterocycles. The molecule has 0 aromatic heterocycles. The number of ether oxygens (including phenoxy) is 1. The number of likely N-dealkylation sites (N-methyl/N-ethyl adjacent to an activating group) is 1. The van der Waals surface area contributed by atoms with Crippen LogP contribution < -0.4 is 10.2 Å². The lowest BCUT2D eigenvalue weighted by Crippen LogP contribution is -2.45. The summed E-state index contributed by atoms with van der Waals surface area (Å²) in [4.78, 5) is 24.8. The Balaban J connectivity index is 4.69. The molecule has 33 heavy (non-hydrogen) atoms. The van der Waals surface area contributed by atoms with E-state index in [0.29, 0.717) is 24.1 Å². The summed E-state index contributed by atoms with van der Waals surface area (Å²) in [6.07, 6.45) is 10.5. The highest BCUT2D eigenvalue weighted by molar-refractivity contribution is 7.45. The van der Waals surface area contributed by atoms with Crippen molar-refractivity contribution in [2.45, 2.75) is 110 Å². The third-order valence-corrected chi connectivity index (χ3v) is 6.35. The second-order valence-electron chi connectivity index (χ2n) is 9.90. The summed E-state index contributed by atoms with van der Waals surface area (Å²) in [5.74, 6) is -0.235. The Morgan fingerprint density at radius 2 is 1.45 bits per heavy atom. The number of phosphoric ester groups is 1. The van der Waals surface area contributed by atoms with E-state index in [0.717, 1.165) is 44.9 Å². The average Bonchev–Trinajstić information content (AvgIpc) is 2.71. The van der Waals surface area contributed by atoms with E-state index in [1.807, 2.05) is 21.1 Å². The molecule has 198 valence electrons. The molecule has 0 bridgehead atoms. The summed E-state index contributed by atoms with van der Waals surface area (Å²) in [6.45, 7) is 7.04. The van der Waals surface area contributed by atoms with Gasteiger partial charge >= 0.3 is 0 Å². The predicted molar refractivity (Wildman–Crippen MR) is 132 cm³/mol. The lowest BCUT2D eigenvalue weighted by molar-refractivity contribution is -0.870. The number of quaternary nitrogens is 1. The predicted octanol–water partition coefficient (Wildman–Crippen LogP) is 4.76. The van der Waals surface area contributed by atoms with Gasteiger partial charge in [0.25, 0.3) is 7.82 Å². The number of amides is 1. The van der Waals surface area contributed by atoms with Gasteiger partial charge in [-0.3, -0.25) is 13.9 Å². The molecule has 1 amide bonds. The molecule has 0 aliphatic heterocycles. The molecule has 0 fully saturated rings. The number of hydrogen-bond donors (Lipinski definition) is 1. The lowest BCUT2D eigenvalue weighted by Gasteiger charge is -2.32. The van der Waals surface area contributed by atoms with Gasteiger partial charge in [-0.25, -0.2) is 0 Å². The van der Waals surface area contributed by atoms with Crippen molar-refractivity contribution in [1.29, 1.82) is 0 Å². The third kappa shape index (κ3) is 20.6. The zero-order chi connectivity index (χ0) is 25.2. The number of hydrogen-bond acceptors (Lipinski definition) is 6. The number of phosphoric acid groups is 1. The average molecular weight is 495 g/mol. The maximum atomic E-state index is 12.5. The molecule has 0 radical (unpaired) electrons. The topological polar surface area (TPSA) is 96.9 Å². The third-order valence-electron chi connectivity index (χ3n) is 5.37. The van der Waals surface area contributed by atoms with Gasteiger partial charge < -0.3 is 24.0 Å². The van der Waals surface area contributed by atoms with Crippen LogP contribution in [0.25, 0.3) is 0 Å². The second kappa shape index (κ2) is 18.8. The number of nitrogens with one attached hydrogen (secondary N) is 1. The largest absolute Gasteiger partial charge is 0.756 e.